The van der Waals surface area contributed by atoms with Crippen LogP contribution in [0.1, 0.15) is 22.9 Å². The van der Waals surface area contributed by atoms with Crippen LogP contribution in [0.2, 0.25) is 0 Å². The lowest BCUT2D eigenvalue weighted by molar-refractivity contribution is 0.470. The van der Waals surface area contributed by atoms with E-state index in [0.29, 0.717) is 11.8 Å². The summed E-state index contributed by atoms with van der Waals surface area (Å²) in [7, 11) is 0. The summed E-state index contributed by atoms with van der Waals surface area (Å²) in [6.45, 7) is 1.77. The number of imidazole rings is 1. The number of nitrogens with one attached hydrogen (secondary N) is 2. The Labute approximate surface area is 168 Å². The molecule has 2 aromatic carbocycles. The first-order chi connectivity index (χ1) is 13.2. The average Bonchev–Trinajstić information content (AvgIpc) is 3.06. The topological polar surface area (TPSA) is 53.0 Å². The Morgan fingerprint density at radius 2 is 2.07 bits per heavy atom. The lowest BCUT2D eigenvalue weighted by atomic mass is 10.1. The van der Waals surface area contributed by atoms with Crippen LogP contribution in [0.3, 0.4) is 0 Å². The highest BCUT2D eigenvalue weighted by Crippen LogP contribution is 2.37. The number of fused-ring (bicyclic) bond motifs is 1. The van der Waals surface area contributed by atoms with E-state index in [9.17, 15) is 5.11 Å². The number of phenols is 1. The van der Waals surface area contributed by atoms with Crippen molar-refractivity contribution in [1.82, 2.24) is 14.9 Å². The predicted molar refractivity (Wildman–Crippen MR) is 113 cm³/mol. The number of thioether (sulfide) groups is 1. The minimum atomic E-state index is 0.312. The third-order valence-electron chi connectivity index (χ3n) is 4.92. The van der Waals surface area contributed by atoms with Crippen molar-refractivity contribution in [3.05, 3.63) is 76.3 Å². The molecule has 4 nitrogen and oxygen atoms in total. The van der Waals surface area contributed by atoms with Crippen LogP contribution in [0.4, 0.5) is 0 Å². The van der Waals surface area contributed by atoms with E-state index in [1.54, 1.807) is 6.07 Å². The summed E-state index contributed by atoms with van der Waals surface area (Å²) in [6.07, 6.45) is 3.86. The Kier molecular flexibility index (Phi) is 5.66. The second-order valence-corrected chi connectivity index (χ2v) is 8.28. The Balaban J connectivity index is 1.42. The molecule has 0 saturated heterocycles. The molecule has 1 atom stereocenters. The summed E-state index contributed by atoms with van der Waals surface area (Å²) in [5.74, 6) is 1.33. The van der Waals surface area contributed by atoms with Gasteiger partial charge in [0.1, 0.15) is 5.75 Å². The lowest BCUT2D eigenvalue weighted by Gasteiger charge is -2.27. The molecule has 27 heavy (non-hydrogen) atoms. The zero-order valence-electron chi connectivity index (χ0n) is 15.0. The van der Waals surface area contributed by atoms with Crippen LogP contribution in [-0.2, 0) is 19.4 Å². The number of aromatic amines is 1. The standard InChI is InChI=1S/C21H23N3OS2/c25-19-6-7-20-16(11-19)10-18(14-27-20)24-17(13-23-21(24)26)8-9-22-12-15-4-2-1-3-5-15/h1-7,11,13,18,22,25H,8-10,12,14H2,(H,23,26)/t18-/m1/s1. The summed E-state index contributed by atoms with van der Waals surface area (Å²) in [5, 5.41) is 13.3. The van der Waals surface area contributed by atoms with Gasteiger partial charge in [0.05, 0.1) is 0 Å². The van der Waals surface area contributed by atoms with Crippen molar-refractivity contribution in [3.8, 4) is 5.75 Å². The molecule has 0 radical (unpaired) electrons. The second-order valence-electron chi connectivity index (χ2n) is 6.83. The van der Waals surface area contributed by atoms with Crippen LogP contribution >= 0.6 is 24.0 Å². The van der Waals surface area contributed by atoms with E-state index in [0.717, 1.165) is 36.5 Å². The van der Waals surface area contributed by atoms with Crippen molar-refractivity contribution in [3.63, 3.8) is 0 Å². The van der Waals surface area contributed by atoms with E-state index >= 15 is 0 Å². The van der Waals surface area contributed by atoms with Gasteiger partial charge in [-0.25, -0.2) is 0 Å². The molecule has 0 spiro atoms. The summed E-state index contributed by atoms with van der Waals surface area (Å²) in [5.41, 5.74) is 3.73. The maximum atomic E-state index is 9.80. The van der Waals surface area contributed by atoms with E-state index in [1.165, 1.54) is 21.7 Å². The molecule has 1 aliphatic heterocycles. The molecule has 0 saturated carbocycles. The van der Waals surface area contributed by atoms with Gasteiger partial charge in [0.2, 0.25) is 0 Å². The van der Waals surface area contributed by atoms with Crippen LogP contribution in [0, 0.1) is 4.77 Å². The largest absolute Gasteiger partial charge is 0.508 e. The van der Waals surface area contributed by atoms with Gasteiger partial charge in [-0.1, -0.05) is 30.3 Å². The summed E-state index contributed by atoms with van der Waals surface area (Å²) >= 11 is 7.40. The first-order valence-corrected chi connectivity index (χ1v) is 10.6. The highest BCUT2D eigenvalue weighted by molar-refractivity contribution is 7.99. The molecule has 140 valence electrons. The molecular formula is C21H23N3OS2. The predicted octanol–water partition coefficient (Wildman–Crippen LogP) is 4.47. The molecule has 3 aromatic rings. The monoisotopic (exact) mass is 397 g/mol. The minimum absolute atomic E-state index is 0.312. The van der Waals surface area contributed by atoms with Crippen LogP contribution in [0.15, 0.2) is 59.6 Å². The maximum absolute atomic E-state index is 9.80. The van der Waals surface area contributed by atoms with Gasteiger partial charge in [0, 0.05) is 48.1 Å². The molecule has 3 N–H and O–H groups in total. The fourth-order valence-electron chi connectivity index (χ4n) is 3.58. The average molecular weight is 398 g/mol. The highest BCUT2D eigenvalue weighted by Gasteiger charge is 2.23. The number of aromatic nitrogens is 2. The van der Waals surface area contributed by atoms with Gasteiger partial charge in [-0.15, -0.1) is 11.8 Å². The number of aromatic hydroxyl groups is 1. The molecule has 4 rings (SSSR count). The fraction of sp³-hybridized carbons (Fsp3) is 0.286. The number of H-pyrrole nitrogens is 1. The van der Waals surface area contributed by atoms with Gasteiger partial charge in [0.25, 0.3) is 0 Å². The molecular weight excluding hydrogens is 374 g/mol. The molecule has 0 bridgehead atoms. The van der Waals surface area contributed by atoms with Crippen LogP contribution in [-0.4, -0.2) is 27.0 Å². The van der Waals surface area contributed by atoms with E-state index in [1.807, 2.05) is 36.2 Å². The van der Waals surface area contributed by atoms with E-state index in [2.05, 4.69) is 39.1 Å². The van der Waals surface area contributed by atoms with Crippen LogP contribution in [0.25, 0.3) is 0 Å². The zero-order valence-corrected chi connectivity index (χ0v) is 16.7. The SMILES string of the molecule is Oc1ccc2c(c1)C[C@@H](n1c(CCNCc3ccccc3)c[nH]c1=S)CS2. The van der Waals surface area contributed by atoms with Gasteiger partial charge >= 0.3 is 0 Å². The van der Waals surface area contributed by atoms with Gasteiger partial charge < -0.3 is 20.0 Å². The van der Waals surface area contributed by atoms with E-state index in [-0.39, 0.29) is 0 Å². The quantitative estimate of drug-likeness (QED) is 0.424. The summed E-state index contributed by atoms with van der Waals surface area (Å²) < 4.78 is 3.04. The third-order valence-corrected chi connectivity index (χ3v) is 6.49. The number of benzene rings is 2. The molecule has 0 amide bonds. The number of hydrogen-bond acceptors (Lipinski definition) is 4. The van der Waals surface area contributed by atoms with E-state index < -0.39 is 0 Å². The third kappa shape index (κ3) is 4.29. The van der Waals surface area contributed by atoms with Crippen molar-refractivity contribution in [2.75, 3.05) is 12.3 Å². The Bertz CT molecular complexity index is 965. The molecule has 1 aromatic heterocycles. The normalized spacial score (nSPS) is 16.2. The smallest absolute Gasteiger partial charge is 0.177 e. The first kappa shape index (κ1) is 18.3. The Morgan fingerprint density at radius 1 is 1.22 bits per heavy atom. The number of phenolic OH excluding ortho intramolecular Hbond substituents is 1. The maximum Gasteiger partial charge on any atom is 0.177 e. The van der Waals surface area contributed by atoms with Crippen molar-refractivity contribution in [2.24, 2.45) is 0 Å². The molecule has 1 aliphatic rings. The van der Waals surface area contributed by atoms with Crippen LogP contribution in [0.5, 0.6) is 5.75 Å². The van der Waals surface area contributed by atoms with Gasteiger partial charge in [-0.2, -0.15) is 0 Å². The van der Waals surface area contributed by atoms with Crippen LogP contribution < -0.4 is 5.32 Å². The molecule has 0 fully saturated rings. The van der Waals surface area contributed by atoms with Gasteiger partial charge in [-0.05, 0) is 48.0 Å². The Morgan fingerprint density at radius 3 is 2.93 bits per heavy atom. The van der Waals surface area contributed by atoms with Crippen molar-refractivity contribution >= 4 is 24.0 Å². The summed E-state index contributed by atoms with van der Waals surface area (Å²) in [6, 6.07) is 16.4. The molecule has 0 unspecified atom stereocenters. The molecule has 2 heterocycles. The van der Waals surface area contributed by atoms with Crippen molar-refractivity contribution < 1.29 is 5.11 Å². The lowest BCUT2D eigenvalue weighted by Crippen LogP contribution is -2.23. The van der Waals surface area contributed by atoms with Crippen molar-refractivity contribution in [2.45, 2.75) is 30.3 Å². The zero-order chi connectivity index (χ0) is 18.6. The highest BCUT2D eigenvalue weighted by atomic mass is 32.2. The van der Waals surface area contributed by atoms with E-state index in [4.69, 9.17) is 12.2 Å². The second kappa shape index (κ2) is 8.33. The van der Waals surface area contributed by atoms with Gasteiger partial charge in [-0.3, -0.25) is 0 Å². The fourth-order valence-corrected chi connectivity index (χ4v) is 5.04. The number of rotatable bonds is 6. The first-order valence-electron chi connectivity index (χ1n) is 9.19. The summed E-state index contributed by atoms with van der Waals surface area (Å²) in [4.78, 5) is 4.48. The number of hydrogen-bond donors (Lipinski definition) is 3. The number of nitrogens with zero attached hydrogens (tertiary/aromatic N) is 1. The molecule has 6 heteroatoms. The molecule has 0 aliphatic carbocycles. The van der Waals surface area contributed by atoms with Crippen molar-refractivity contribution in [1.29, 1.82) is 0 Å². The van der Waals surface area contributed by atoms with Gasteiger partial charge in [0.15, 0.2) is 4.77 Å². The Hall–Kier alpha value is -2.02. The minimum Gasteiger partial charge on any atom is -0.508 e.